The predicted octanol–water partition coefficient (Wildman–Crippen LogP) is 0.323. The molecule has 4 nitrogen and oxygen atoms in total. The highest BCUT2D eigenvalue weighted by Gasteiger charge is 2.07. The van der Waals surface area contributed by atoms with Gasteiger partial charge in [0.1, 0.15) is 0 Å². The van der Waals surface area contributed by atoms with E-state index in [-0.39, 0.29) is 0 Å². The van der Waals surface area contributed by atoms with E-state index in [4.69, 9.17) is 0 Å². The SMILES string of the molecule is CCc1nc(C)ns[n+]1=O. The van der Waals surface area contributed by atoms with Crippen LogP contribution in [0.15, 0.2) is 0 Å². The van der Waals surface area contributed by atoms with Gasteiger partial charge in [0.25, 0.3) is 23.4 Å². The largest absolute Gasteiger partial charge is 0.297 e. The number of nitrogens with zero attached hydrogens (tertiary/aromatic N) is 3. The molecule has 0 saturated carbocycles. The Morgan fingerprint density at radius 2 is 2.40 bits per heavy atom. The molecule has 0 atom stereocenters. The molecular weight excluding hydrogens is 150 g/mol. The molecular formula is C5H8N3OS+. The normalized spacial score (nSPS) is 9.80. The lowest BCUT2D eigenvalue weighted by atomic mass is 10.5. The van der Waals surface area contributed by atoms with Crippen molar-refractivity contribution in [1.82, 2.24) is 9.36 Å². The lowest BCUT2D eigenvalue weighted by molar-refractivity contribution is -0.433. The van der Waals surface area contributed by atoms with Crippen molar-refractivity contribution in [3.8, 4) is 0 Å². The van der Waals surface area contributed by atoms with Gasteiger partial charge in [-0.15, -0.1) is 0 Å². The highest BCUT2D eigenvalue weighted by molar-refractivity contribution is 6.94. The smallest absolute Gasteiger partial charge is 0.0767 e. The second kappa shape index (κ2) is 2.83. The summed E-state index contributed by atoms with van der Waals surface area (Å²) in [4.78, 5) is 14.8. The molecule has 0 bridgehead atoms. The molecule has 1 aromatic heterocycles. The first-order valence-corrected chi connectivity index (χ1v) is 3.73. The summed E-state index contributed by atoms with van der Waals surface area (Å²) in [5, 5.41) is 0. The zero-order valence-corrected chi connectivity index (χ0v) is 6.68. The van der Waals surface area contributed by atoms with Gasteiger partial charge in [-0.2, -0.15) is 0 Å². The Bertz CT molecular complexity index is 282. The fourth-order valence-corrected chi connectivity index (χ4v) is 1.10. The van der Waals surface area contributed by atoms with Gasteiger partial charge in [-0.1, -0.05) is 16.8 Å². The van der Waals surface area contributed by atoms with Crippen molar-refractivity contribution >= 4 is 11.7 Å². The van der Waals surface area contributed by atoms with Crippen LogP contribution in [-0.2, 0) is 6.42 Å². The van der Waals surface area contributed by atoms with Crippen LogP contribution in [0, 0.1) is 11.8 Å². The molecule has 0 amide bonds. The average molecular weight is 158 g/mol. The van der Waals surface area contributed by atoms with Crippen LogP contribution < -0.4 is 3.82 Å². The summed E-state index contributed by atoms with van der Waals surface area (Å²) < 4.78 is 4.50. The molecule has 0 unspecified atom stereocenters. The van der Waals surface area contributed by atoms with E-state index >= 15 is 0 Å². The van der Waals surface area contributed by atoms with Crippen LogP contribution in [0.5, 0.6) is 0 Å². The molecule has 0 saturated heterocycles. The Morgan fingerprint density at radius 1 is 1.70 bits per heavy atom. The van der Waals surface area contributed by atoms with E-state index in [0.29, 0.717) is 18.1 Å². The summed E-state index contributed by atoms with van der Waals surface area (Å²) in [6, 6.07) is 0. The van der Waals surface area contributed by atoms with E-state index in [1.165, 1.54) is 0 Å². The zero-order valence-electron chi connectivity index (χ0n) is 5.87. The van der Waals surface area contributed by atoms with E-state index in [2.05, 4.69) is 9.36 Å². The van der Waals surface area contributed by atoms with Crippen LogP contribution in [0.1, 0.15) is 18.6 Å². The predicted molar refractivity (Wildman–Crippen MR) is 37.4 cm³/mol. The minimum atomic E-state index is 0.539. The Labute approximate surface area is 62.5 Å². The van der Waals surface area contributed by atoms with Gasteiger partial charge in [0, 0.05) is 13.3 Å². The Kier molecular flexibility index (Phi) is 2.06. The first-order chi connectivity index (χ1) is 4.74. The van der Waals surface area contributed by atoms with Gasteiger partial charge in [-0.05, 0) is 4.37 Å². The molecule has 0 aromatic carbocycles. The zero-order chi connectivity index (χ0) is 7.56. The van der Waals surface area contributed by atoms with Crippen LogP contribution in [0.3, 0.4) is 0 Å². The van der Waals surface area contributed by atoms with Crippen LogP contribution in [0.2, 0.25) is 0 Å². The number of hydrogen-bond acceptors (Lipinski definition) is 4. The first kappa shape index (κ1) is 7.27. The summed E-state index contributed by atoms with van der Waals surface area (Å²) >= 11 is 0.894. The first-order valence-electron chi connectivity index (χ1n) is 3.00. The molecule has 10 heavy (non-hydrogen) atoms. The molecule has 0 N–H and O–H groups in total. The summed E-state index contributed by atoms with van der Waals surface area (Å²) in [5.74, 6) is 1.20. The van der Waals surface area contributed by atoms with Gasteiger partial charge in [0.2, 0.25) is 0 Å². The standard InChI is InChI=1S/C5H8N3OS/c1-3-5-6-4(2)7-10-8(5)9/h3H2,1-2H3/q+1. The number of aryl methyl sites for hydroxylation is 2. The van der Waals surface area contributed by atoms with Crippen LogP contribution in [-0.4, -0.2) is 9.36 Å². The lowest BCUT2D eigenvalue weighted by Gasteiger charge is -1.81. The lowest BCUT2D eigenvalue weighted by Crippen LogP contribution is -2.19. The minimum absolute atomic E-state index is 0.539. The third-order valence-corrected chi connectivity index (χ3v) is 1.77. The van der Waals surface area contributed by atoms with Crippen molar-refractivity contribution in [2.75, 3.05) is 0 Å². The van der Waals surface area contributed by atoms with E-state index in [1.54, 1.807) is 6.92 Å². The Morgan fingerprint density at radius 3 is 2.90 bits per heavy atom. The molecule has 1 rings (SSSR count). The third kappa shape index (κ3) is 1.36. The number of rotatable bonds is 1. The molecule has 0 aliphatic rings. The summed E-state index contributed by atoms with van der Waals surface area (Å²) in [5.41, 5.74) is 0. The van der Waals surface area contributed by atoms with Crippen LogP contribution in [0.25, 0.3) is 0 Å². The number of hydrogen-bond donors (Lipinski definition) is 0. The van der Waals surface area contributed by atoms with Gasteiger partial charge < -0.3 is 0 Å². The molecule has 0 aliphatic heterocycles. The molecule has 1 heterocycles. The quantitative estimate of drug-likeness (QED) is 0.553. The fourth-order valence-electron chi connectivity index (χ4n) is 0.599. The monoisotopic (exact) mass is 158 g/mol. The van der Waals surface area contributed by atoms with Crippen molar-refractivity contribution in [1.29, 1.82) is 0 Å². The second-order valence-corrected chi connectivity index (χ2v) is 2.54. The van der Waals surface area contributed by atoms with Gasteiger partial charge in [-0.25, -0.2) is 0 Å². The van der Waals surface area contributed by atoms with E-state index in [0.717, 1.165) is 15.5 Å². The molecule has 0 spiro atoms. The maximum Gasteiger partial charge on any atom is 0.297 e. The highest BCUT2D eigenvalue weighted by atomic mass is 32.1. The van der Waals surface area contributed by atoms with Crippen LogP contribution in [0.4, 0.5) is 0 Å². The molecule has 0 radical (unpaired) electrons. The topological polar surface area (TPSA) is 48.8 Å². The minimum Gasteiger partial charge on any atom is -0.0767 e. The molecule has 5 heteroatoms. The van der Waals surface area contributed by atoms with Gasteiger partial charge in [-0.3, -0.25) is 0 Å². The molecule has 0 fully saturated rings. The van der Waals surface area contributed by atoms with Gasteiger partial charge >= 0.3 is 0 Å². The fraction of sp³-hybridized carbons (Fsp3) is 0.600. The molecule has 54 valence electrons. The summed E-state index contributed by atoms with van der Waals surface area (Å²) in [7, 11) is 0. The third-order valence-electron chi connectivity index (χ3n) is 1.06. The van der Waals surface area contributed by atoms with E-state index in [1.807, 2.05) is 6.92 Å². The molecule has 0 aliphatic carbocycles. The second-order valence-electron chi connectivity index (χ2n) is 1.86. The van der Waals surface area contributed by atoms with Crippen molar-refractivity contribution < 1.29 is 3.82 Å². The van der Waals surface area contributed by atoms with Crippen molar-refractivity contribution in [2.45, 2.75) is 20.3 Å². The Hall–Kier alpha value is -0.840. The average Bonchev–Trinajstić information content (AvgIpc) is 1.94. The van der Waals surface area contributed by atoms with Crippen molar-refractivity contribution in [3.63, 3.8) is 0 Å². The summed E-state index contributed by atoms with van der Waals surface area (Å²) in [6.07, 6.45) is 0.656. The van der Waals surface area contributed by atoms with Gasteiger partial charge in [0.05, 0.1) is 3.82 Å². The Balaban J connectivity index is 3.22. The van der Waals surface area contributed by atoms with E-state index < -0.39 is 0 Å². The number of aromatic nitrogens is 3. The van der Waals surface area contributed by atoms with Crippen molar-refractivity contribution in [2.24, 2.45) is 0 Å². The van der Waals surface area contributed by atoms with Crippen LogP contribution >= 0.6 is 11.7 Å². The van der Waals surface area contributed by atoms with E-state index in [9.17, 15) is 4.91 Å². The summed E-state index contributed by atoms with van der Waals surface area (Å²) in [6.45, 7) is 3.67. The van der Waals surface area contributed by atoms with Gasteiger partial charge in [0.15, 0.2) is 0 Å². The maximum absolute atomic E-state index is 10.8. The highest BCUT2D eigenvalue weighted by Crippen LogP contribution is 1.88. The molecule has 1 aromatic rings. The maximum atomic E-state index is 10.8. The van der Waals surface area contributed by atoms with Crippen molar-refractivity contribution in [3.05, 3.63) is 16.6 Å².